The highest BCUT2D eigenvalue weighted by Gasteiger charge is 2.33. The second kappa shape index (κ2) is 13.5. The molecule has 2 amide bonds. The average Bonchev–Trinajstić information content (AvgIpc) is 2.93. The maximum atomic E-state index is 14.0. The fraction of sp³-hybridized carbons (Fsp3) is 0.310. The first-order valence-corrected chi connectivity index (χ1v) is 14.4. The number of carbonyl (C=O) groups is 2. The molecule has 0 saturated carbocycles. The van der Waals surface area contributed by atoms with Crippen molar-refractivity contribution in [2.45, 2.75) is 44.3 Å². The molecule has 0 bridgehead atoms. The van der Waals surface area contributed by atoms with Gasteiger partial charge in [-0.25, -0.2) is 8.42 Å². The number of ether oxygens (including phenoxy) is 2. The summed E-state index contributed by atoms with van der Waals surface area (Å²) in [5.41, 5.74) is 0.978. The van der Waals surface area contributed by atoms with E-state index in [4.69, 9.17) is 21.1 Å². The molecule has 0 aromatic heterocycles. The van der Waals surface area contributed by atoms with E-state index in [0.29, 0.717) is 16.3 Å². The number of hydrogen-bond acceptors (Lipinski definition) is 6. The molecule has 3 aromatic rings. The van der Waals surface area contributed by atoms with Crippen LogP contribution in [0.3, 0.4) is 0 Å². The molecule has 0 heterocycles. The molecule has 11 heteroatoms. The first-order chi connectivity index (χ1) is 19.0. The van der Waals surface area contributed by atoms with Gasteiger partial charge in [-0.05, 0) is 62.7 Å². The molecule has 3 aromatic carbocycles. The van der Waals surface area contributed by atoms with Crippen molar-refractivity contribution in [1.82, 2.24) is 10.2 Å². The summed E-state index contributed by atoms with van der Waals surface area (Å²) in [6.07, 6.45) is 0. The molecule has 0 aliphatic heterocycles. The normalized spacial score (nSPS) is 12.0. The van der Waals surface area contributed by atoms with Crippen molar-refractivity contribution in [2.75, 3.05) is 25.1 Å². The minimum absolute atomic E-state index is 0.0467. The van der Waals surface area contributed by atoms with Crippen LogP contribution in [-0.4, -0.2) is 58.0 Å². The van der Waals surface area contributed by atoms with Crippen molar-refractivity contribution in [3.8, 4) is 11.5 Å². The fourth-order valence-electron chi connectivity index (χ4n) is 4.05. The maximum Gasteiger partial charge on any atom is 0.264 e. The third-order valence-electron chi connectivity index (χ3n) is 6.11. The largest absolute Gasteiger partial charge is 0.493 e. The van der Waals surface area contributed by atoms with E-state index in [1.54, 1.807) is 61.5 Å². The van der Waals surface area contributed by atoms with Gasteiger partial charge in [0.1, 0.15) is 12.6 Å². The lowest BCUT2D eigenvalue weighted by Crippen LogP contribution is -2.52. The second-order valence-corrected chi connectivity index (χ2v) is 11.7. The van der Waals surface area contributed by atoms with Crippen LogP contribution in [0, 0.1) is 0 Å². The molecule has 0 aliphatic carbocycles. The molecular formula is C29H34ClN3O6S. The predicted octanol–water partition coefficient (Wildman–Crippen LogP) is 4.49. The molecule has 0 aliphatic rings. The molecule has 0 radical (unpaired) electrons. The van der Waals surface area contributed by atoms with Crippen molar-refractivity contribution < 1.29 is 27.5 Å². The number of benzene rings is 3. The number of sulfonamides is 1. The first kappa shape index (κ1) is 30.8. The summed E-state index contributed by atoms with van der Waals surface area (Å²) in [6.45, 7) is 4.74. The number of nitrogens with zero attached hydrogens (tertiary/aromatic N) is 2. The number of nitrogens with one attached hydrogen (secondary N) is 1. The zero-order chi connectivity index (χ0) is 29.4. The Morgan fingerprint density at radius 3 is 2.17 bits per heavy atom. The van der Waals surface area contributed by atoms with Gasteiger partial charge in [0.15, 0.2) is 11.5 Å². The molecular weight excluding hydrogens is 554 g/mol. The van der Waals surface area contributed by atoms with Crippen molar-refractivity contribution in [2.24, 2.45) is 0 Å². The zero-order valence-corrected chi connectivity index (χ0v) is 24.7. The minimum atomic E-state index is -4.26. The van der Waals surface area contributed by atoms with Gasteiger partial charge in [0.05, 0.1) is 24.8 Å². The Bertz CT molecular complexity index is 1430. The van der Waals surface area contributed by atoms with Crippen molar-refractivity contribution in [1.29, 1.82) is 0 Å². The lowest BCUT2D eigenvalue weighted by atomic mass is 10.1. The standard InChI is InChI=1S/C29H34ClN3O6S/c1-20(2)31-29(35)21(3)32(18-22-10-9-11-23(30)16-22)28(34)19-33(24-12-7-6-8-13-24)40(36,37)25-14-15-26(38-4)27(17-25)39-5/h6-17,20-21H,18-19H2,1-5H3,(H,31,35)/t21-/m1/s1. The van der Waals surface area contributed by atoms with Gasteiger partial charge in [-0.3, -0.25) is 13.9 Å². The van der Waals surface area contributed by atoms with Crippen molar-refractivity contribution in [3.63, 3.8) is 0 Å². The number of anilines is 1. The van der Waals surface area contributed by atoms with Crippen LogP contribution in [0.25, 0.3) is 0 Å². The third-order valence-corrected chi connectivity index (χ3v) is 8.11. The van der Waals surface area contributed by atoms with Gasteiger partial charge in [-0.2, -0.15) is 0 Å². The van der Waals surface area contributed by atoms with Gasteiger partial charge in [-0.15, -0.1) is 0 Å². The van der Waals surface area contributed by atoms with E-state index in [2.05, 4.69) is 5.32 Å². The van der Waals surface area contributed by atoms with Gasteiger partial charge < -0.3 is 19.7 Å². The SMILES string of the molecule is COc1ccc(S(=O)(=O)N(CC(=O)N(Cc2cccc(Cl)c2)[C@H](C)C(=O)NC(C)C)c2ccccc2)cc1OC. The number of methoxy groups -OCH3 is 2. The van der Waals surface area contributed by atoms with Crippen molar-refractivity contribution in [3.05, 3.63) is 83.4 Å². The van der Waals surface area contributed by atoms with E-state index >= 15 is 0 Å². The van der Waals surface area contributed by atoms with Crippen LogP contribution in [0.5, 0.6) is 11.5 Å². The fourth-order valence-corrected chi connectivity index (χ4v) is 5.69. The highest BCUT2D eigenvalue weighted by molar-refractivity contribution is 7.92. The van der Waals surface area contributed by atoms with E-state index in [0.717, 1.165) is 4.31 Å². The molecule has 0 unspecified atom stereocenters. The number of amides is 2. The van der Waals surface area contributed by atoms with Crippen LogP contribution >= 0.6 is 11.6 Å². The van der Waals surface area contributed by atoms with Crippen LogP contribution in [0.2, 0.25) is 5.02 Å². The van der Waals surface area contributed by atoms with E-state index in [-0.39, 0.29) is 34.8 Å². The topological polar surface area (TPSA) is 105 Å². The summed E-state index contributed by atoms with van der Waals surface area (Å²) in [5, 5.41) is 3.30. The van der Waals surface area contributed by atoms with Gasteiger partial charge in [0, 0.05) is 23.7 Å². The molecule has 1 atom stereocenters. The Balaban J connectivity index is 2.05. The van der Waals surface area contributed by atoms with Crippen LogP contribution < -0.4 is 19.1 Å². The molecule has 0 spiro atoms. The Kier molecular flexibility index (Phi) is 10.4. The van der Waals surface area contributed by atoms with Crippen LogP contribution in [-0.2, 0) is 26.2 Å². The van der Waals surface area contributed by atoms with Gasteiger partial charge >= 0.3 is 0 Å². The molecule has 0 saturated heterocycles. The molecule has 40 heavy (non-hydrogen) atoms. The summed E-state index contributed by atoms with van der Waals surface area (Å²) < 4.78 is 39.5. The van der Waals surface area contributed by atoms with Crippen LogP contribution in [0.4, 0.5) is 5.69 Å². The van der Waals surface area contributed by atoms with Crippen LogP contribution in [0.15, 0.2) is 77.7 Å². The highest BCUT2D eigenvalue weighted by Crippen LogP contribution is 2.32. The zero-order valence-electron chi connectivity index (χ0n) is 23.1. The van der Waals surface area contributed by atoms with Gasteiger partial charge in [-0.1, -0.05) is 41.9 Å². The monoisotopic (exact) mass is 587 g/mol. The van der Waals surface area contributed by atoms with E-state index in [1.807, 2.05) is 13.8 Å². The number of hydrogen-bond donors (Lipinski definition) is 1. The van der Waals surface area contributed by atoms with Gasteiger partial charge in [0.25, 0.3) is 10.0 Å². The number of halogens is 1. The molecule has 9 nitrogen and oxygen atoms in total. The summed E-state index contributed by atoms with van der Waals surface area (Å²) in [5.74, 6) is -0.343. The first-order valence-electron chi connectivity index (χ1n) is 12.6. The Morgan fingerprint density at radius 1 is 0.900 bits per heavy atom. The van der Waals surface area contributed by atoms with E-state index in [1.165, 1.54) is 37.3 Å². The summed E-state index contributed by atoms with van der Waals surface area (Å²) in [4.78, 5) is 28.1. The average molecular weight is 588 g/mol. The summed E-state index contributed by atoms with van der Waals surface area (Å²) in [7, 11) is -1.40. The minimum Gasteiger partial charge on any atom is -0.493 e. The summed E-state index contributed by atoms with van der Waals surface area (Å²) >= 11 is 6.17. The Hall–Kier alpha value is -3.76. The maximum absolute atomic E-state index is 14.0. The molecule has 3 rings (SSSR count). The number of rotatable bonds is 12. The van der Waals surface area contributed by atoms with E-state index in [9.17, 15) is 18.0 Å². The Morgan fingerprint density at radius 2 is 1.57 bits per heavy atom. The molecule has 214 valence electrons. The Labute approximate surface area is 240 Å². The van der Waals surface area contributed by atoms with Crippen LogP contribution in [0.1, 0.15) is 26.3 Å². The van der Waals surface area contributed by atoms with Crippen molar-refractivity contribution >= 4 is 39.1 Å². The number of para-hydroxylation sites is 1. The quantitative estimate of drug-likeness (QED) is 0.335. The lowest BCUT2D eigenvalue weighted by molar-refractivity contribution is -0.139. The molecule has 1 N–H and O–H groups in total. The smallest absolute Gasteiger partial charge is 0.264 e. The molecule has 0 fully saturated rings. The predicted molar refractivity (Wildman–Crippen MR) is 155 cm³/mol. The second-order valence-electron chi connectivity index (χ2n) is 9.35. The lowest BCUT2D eigenvalue weighted by Gasteiger charge is -2.32. The van der Waals surface area contributed by atoms with E-state index < -0.39 is 28.5 Å². The number of carbonyl (C=O) groups excluding carboxylic acids is 2. The highest BCUT2D eigenvalue weighted by atomic mass is 35.5. The summed E-state index contributed by atoms with van der Waals surface area (Å²) in [6, 6.07) is 18.4. The van der Waals surface area contributed by atoms with Gasteiger partial charge in [0.2, 0.25) is 11.8 Å². The third kappa shape index (κ3) is 7.45.